The molecule has 146 valence electrons. The van der Waals surface area contributed by atoms with Crippen molar-refractivity contribution in [1.82, 2.24) is 14.5 Å². The number of benzene rings is 1. The topological polar surface area (TPSA) is 66.9 Å². The van der Waals surface area contributed by atoms with Gasteiger partial charge >= 0.3 is 0 Å². The summed E-state index contributed by atoms with van der Waals surface area (Å²) in [6, 6.07) is 12.7. The predicted octanol–water partition coefficient (Wildman–Crippen LogP) is 5.17. The van der Waals surface area contributed by atoms with Crippen LogP contribution < -0.4 is 0 Å². The third-order valence-corrected chi connectivity index (χ3v) is 6.41. The average Bonchev–Trinajstić information content (AvgIpc) is 3.19. The van der Waals surface area contributed by atoms with E-state index < -0.39 is 5.54 Å². The van der Waals surface area contributed by atoms with Crippen molar-refractivity contribution in [3.63, 3.8) is 0 Å². The fraction of sp³-hybridized carbons (Fsp3) is 0.304. The van der Waals surface area contributed by atoms with E-state index in [-0.39, 0.29) is 0 Å². The maximum absolute atomic E-state index is 9.85. The van der Waals surface area contributed by atoms with Gasteiger partial charge in [-0.25, -0.2) is 9.97 Å². The predicted molar refractivity (Wildman–Crippen MR) is 124 cm³/mol. The first kappa shape index (κ1) is 19.8. The number of aromatic nitrogens is 3. The number of halogens is 1. The summed E-state index contributed by atoms with van der Waals surface area (Å²) in [6.07, 6.45) is 2.82. The monoisotopic (exact) mass is 495 g/mol. The van der Waals surface area contributed by atoms with Gasteiger partial charge in [-0.2, -0.15) is 5.26 Å². The maximum Gasteiger partial charge on any atom is 0.202 e. The number of fused-ring (bicyclic) bond motifs is 1. The van der Waals surface area contributed by atoms with E-state index in [9.17, 15) is 5.26 Å². The van der Waals surface area contributed by atoms with Crippen molar-refractivity contribution in [1.29, 1.82) is 5.26 Å². The van der Waals surface area contributed by atoms with Crippen LogP contribution in [0.4, 0.5) is 0 Å². The Morgan fingerprint density at radius 1 is 1.14 bits per heavy atom. The Morgan fingerprint density at radius 3 is 2.45 bits per heavy atom. The first-order valence-electron chi connectivity index (χ1n) is 9.66. The van der Waals surface area contributed by atoms with Crippen LogP contribution in [0.1, 0.15) is 42.1 Å². The molecular formula is C23H22IN5. The fourth-order valence-corrected chi connectivity index (χ4v) is 4.91. The number of allylic oxidation sites excluding steroid dienone is 1. The molecule has 6 heteroatoms. The van der Waals surface area contributed by atoms with Crippen LogP contribution in [0.25, 0.3) is 11.2 Å². The van der Waals surface area contributed by atoms with Crippen molar-refractivity contribution < 1.29 is 0 Å². The molecule has 29 heavy (non-hydrogen) atoms. The van der Waals surface area contributed by atoms with E-state index in [0.717, 1.165) is 55.1 Å². The zero-order valence-electron chi connectivity index (χ0n) is 17.0. The number of imidazole rings is 1. The zero-order valence-corrected chi connectivity index (χ0v) is 19.1. The van der Waals surface area contributed by atoms with Gasteiger partial charge in [-0.05, 0) is 72.2 Å². The van der Waals surface area contributed by atoms with E-state index in [4.69, 9.17) is 9.97 Å². The van der Waals surface area contributed by atoms with Crippen molar-refractivity contribution in [2.75, 3.05) is 0 Å². The quantitative estimate of drug-likeness (QED) is 0.469. The van der Waals surface area contributed by atoms with Crippen LogP contribution >= 0.6 is 22.6 Å². The number of pyridine rings is 1. The molecule has 0 spiro atoms. The minimum absolute atomic E-state index is 0.699. The number of rotatable bonds is 4. The lowest BCUT2D eigenvalue weighted by molar-refractivity contribution is 0.731. The Balaban J connectivity index is 1.72. The van der Waals surface area contributed by atoms with E-state index in [1.165, 1.54) is 0 Å². The highest BCUT2D eigenvalue weighted by Gasteiger charge is 2.38. The van der Waals surface area contributed by atoms with Crippen LogP contribution in [0.5, 0.6) is 0 Å². The summed E-state index contributed by atoms with van der Waals surface area (Å²) < 4.78 is 3.14. The van der Waals surface area contributed by atoms with Crippen LogP contribution in [-0.2, 0) is 18.5 Å². The molecule has 1 aromatic carbocycles. The molecule has 0 radical (unpaired) electrons. The molecule has 3 aromatic rings. The number of aliphatic imine (C=N–C) groups is 1. The Morgan fingerprint density at radius 2 is 1.86 bits per heavy atom. The SMILES string of the molecule is CCc1nc2c(C)cc(C)nc2n1Cc1ccc(C2(C#N)N=C(C)C=C2I)cc1. The zero-order chi connectivity index (χ0) is 20.8. The molecule has 1 atom stereocenters. The Bertz CT molecular complexity index is 1210. The van der Waals surface area contributed by atoms with Crippen LogP contribution in [-0.4, -0.2) is 20.2 Å². The fourth-order valence-electron chi connectivity index (χ4n) is 3.90. The molecule has 0 N–H and O–H groups in total. The second-order valence-electron chi connectivity index (χ2n) is 7.49. The third-order valence-electron chi connectivity index (χ3n) is 5.32. The number of aryl methyl sites for hydroxylation is 3. The second kappa shape index (κ2) is 7.38. The number of hydrogen-bond acceptors (Lipinski definition) is 4. The lowest BCUT2D eigenvalue weighted by atomic mass is 9.92. The molecule has 0 fully saturated rings. The summed E-state index contributed by atoms with van der Waals surface area (Å²) in [7, 11) is 0. The number of hydrogen-bond donors (Lipinski definition) is 0. The Hall–Kier alpha value is -2.53. The standard InChI is InChI=1S/C23H22IN5/c1-5-20-27-21-14(2)10-15(3)26-22(21)29(20)12-17-6-8-18(9-7-17)23(13-25)19(24)11-16(4)28-23/h6-11H,5,12H2,1-4H3. The first-order valence-corrected chi connectivity index (χ1v) is 10.7. The molecule has 0 saturated heterocycles. The van der Waals surface area contributed by atoms with Gasteiger partial charge in [0.1, 0.15) is 17.4 Å². The van der Waals surface area contributed by atoms with Gasteiger partial charge in [-0.1, -0.05) is 31.2 Å². The normalized spacial score (nSPS) is 18.6. The molecule has 4 rings (SSSR count). The van der Waals surface area contributed by atoms with Crippen LogP contribution in [0, 0.1) is 25.2 Å². The molecule has 1 aliphatic rings. The molecule has 5 nitrogen and oxygen atoms in total. The summed E-state index contributed by atoms with van der Waals surface area (Å²) >= 11 is 2.22. The molecule has 0 aliphatic carbocycles. The largest absolute Gasteiger partial charge is 0.308 e. The summed E-state index contributed by atoms with van der Waals surface area (Å²) in [6.45, 7) is 8.85. The van der Waals surface area contributed by atoms with Gasteiger partial charge in [0.2, 0.25) is 5.54 Å². The third kappa shape index (κ3) is 3.27. The van der Waals surface area contributed by atoms with E-state index in [2.05, 4.69) is 70.3 Å². The van der Waals surface area contributed by atoms with Crippen molar-refractivity contribution in [2.45, 2.75) is 46.2 Å². The van der Waals surface area contributed by atoms with Gasteiger partial charge in [0, 0.05) is 21.4 Å². The van der Waals surface area contributed by atoms with Gasteiger partial charge in [-0.15, -0.1) is 0 Å². The van der Waals surface area contributed by atoms with E-state index in [0.29, 0.717) is 6.54 Å². The molecular weight excluding hydrogens is 473 g/mol. The van der Waals surface area contributed by atoms with E-state index in [1.54, 1.807) is 0 Å². The van der Waals surface area contributed by atoms with Gasteiger partial charge in [0.25, 0.3) is 0 Å². The summed E-state index contributed by atoms with van der Waals surface area (Å²) in [5.74, 6) is 1.03. The minimum atomic E-state index is -0.908. The number of nitrogens with zero attached hydrogens (tertiary/aromatic N) is 5. The average molecular weight is 495 g/mol. The Kier molecular flexibility index (Phi) is 5.03. The van der Waals surface area contributed by atoms with Crippen LogP contribution in [0.2, 0.25) is 0 Å². The van der Waals surface area contributed by atoms with Gasteiger partial charge in [-0.3, -0.25) is 4.99 Å². The Labute approximate surface area is 184 Å². The highest BCUT2D eigenvalue weighted by atomic mass is 127. The number of nitriles is 1. The minimum Gasteiger partial charge on any atom is -0.308 e. The second-order valence-corrected chi connectivity index (χ2v) is 8.65. The summed E-state index contributed by atoms with van der Waals surface area (Å²) in [4.78, 5) is 14.2. The maximum atomic E-state index is 9.85. The summed E-state index contributed by atoms with van der Waals surface area (Å²) in [5, 5.41) is 9.85. The highest BCUT2D eigenvalue weighted by Crippen LogP contribution is 2.41. The lowest BCUT2D eigenvalue weighted by Gasteiger charge is -2.20. The molecule has 2 aromatic heterocycles. The van der Waals surface area contributed by atoms with Gasteiger partial charge < -0.3 is 4.57 Å². The van der Waals surface area contributed by atoms with Crippen LogP contribution in [0.15, 0.2) is 45.0 Å². The molecule has 3 heterocycles. The lowest BCUT2D eigenvalue weighted by Crippen LogP contribution is -2.19. The smallest absolute Gasteiger partial charge is 0.202 e. The van der Waals surface area contributed by atoms with Crippen LogP contribution in [0.3, 0.4) is 0 Å². The highest BCUT2D eigenvalue weighted by molar-refractivity contribution is 14.1. The van der Waals surface area contributed by atoms with E-state index in [1.807, 2.05) is 32.1 Å². The van der Waals surface area contributed by atoms with Crippen molar-refractivity contribution in [3.05, 3.63) is 68.2 Å². The van der Waals surface area contributed by atoms with Crippen molar-refractivity contribution in [3.8, 4) is 6.07 Å². The van der Waals surface area contributed by atoms with Crippen molar-refractivity contribution in [2.24, 2.45) is 4.99 Å². The van der Waals surface area contributed by atoms with Crippen molar-refractivity contribution >= 4 is 39.5 Å². The molecule has 1 aliphatic heterocycles. The van der Waals surface area contributed by atoms with E-state index >= 15 is 0 Å². The molecule has 0 saturated carbocycles. The summed E-state index contributed by atoms with van der Waals surface area (Å²) in [5.41, 5.74) is 6.09. The molecule has 0 bridgehead atoms. The first-order chi connectivity index (χ1) is 13.9. The van der Waals surface area contributed by atoms with Gasteiger partial charge in [0.15, 0.2) is 5.65 Å². The molecule has 0 amide bonds. The molecule has 1 unspecified atom stereocenters. The van der Waals surface area contributed by atoms with Gasteiger partial charge in [0.05, 0.1) is 6.54 Å².